The van der Waals surface area contributed by atoms with Crippen molar-refractivity contribution in [3.63, 3.8) is 0 Å². The van der Waals surface area contributed by atoms with Crippen LogP contribution in [0.5, 0.6) is 5.88 Å². The van der Waals surface area contributed by atoms with E-state index in [9.17, 15) is 10.1 Å². The maximum absolute atomic E-state index is 10.5. The van der Waals surface area contributed by atoms with E-state index in [0.29, 0.717) is 16.9 Å². The molecule has 0 aliphatic heterocycles. The van der Waals surface area contributed by atoms with Gasteiger partial charge in [0.1, 0.15) is 6.20 Å². The highest BCUT2D eigenvalue weighted by atomic mass is 16.6. The van der Waals surface area contributed by atoms with E-state index in [-0.39, 0.29) is 5.69 Å². The van der Waals surface area contributed by atoms with E-state index in [1.807, 2.05) is 0 Å². The zero-order valence-electron chi connectivity index (χ0n) is 8.17. The average molecular weight is 208 g/mol. The van der Waals surface area contributed by atoms with Crippen LogP contribution in [-0.4, -0.2) is 26.8 Å². The molecule has 2 aromatic rings. The van der Waals surface area contributed by atoms with E-state index in [0.717, 1.165) is 0 Å². The third kappa shape index (κ3) is 1.37. The SMILES string of the molecule is COc1nn(C)c2ncc([N+](=O)[O-])cc12. The van der Waals surface area contributed by atoms with E-state index < -0.39 is 4.92 Å². The Morgan fingerprint density at radius 1 is 1.60 bits per heavy atom. The summed E-state index contributed by atoms with van der Waals surface area (Å²) in [5.74, 6) is 0.337. The molecule has 0 amide bonds. The van der Waals surface area contributed by atoms with Gasteiger partial charge in [0.05, 0.1) is 17.4 Å². The van der Waals surface area contributed by atoms with Crippen LogP contribution in [0.4, 0.5) is 5.69 Å². The second-order valence-electron chi connectivity index (χ2n) is 2.95. The van der Waals surface area contributed by atoms with Crippen molar-refractivity contribution in [1.29, 1.82) is 0 Å². The number of hydrogen-bond acceptors (Lipinski definition) is 5. The van der Waals surface area contributed by atoms with Crippen LogP contribution in [0, 0.1) is 10.1 Å². The van der Waals surface area contributed by atoms with Crippen LogP contribution in [0.2, 0.25) is 0 Å². The monoisotopic (exact) mass is 208 g/mol. The van der Waals surface area contributed by atoms with Crippen LogP contribution in [0.3, 0.4) is 0 Å². The Labute approximate surface area is 84.4 Å². The molecule has 7 heteroatoms. The number of pyridine rings is 1. The number of rotatable bonds is 2. The van der Waals surface area contributed by atoms with Crippen LogP contribution in [0.1, 0.15) is 0 Å². The second kappa shape index (κ2) is 3.19. The fourth-order valence-electron chi connectivity index (χ4n) is 1.35. The molecule has 0 unspecified atom stereocenters. The minimum Gasteiger partial charge on any atom is -0.479 e. The molecule has 0 fully saturated rings. The Hall–Kier alpha value is -2.18. The number of ether oxygens (including phenoxy) is 1. The van der Waals surface area contributed by atoms with E-state index in [1.54, 1.807) is 7.05 Å². The Morgan fingerprint density at radius 3 is 2.93 bits per heavy atom. The Kier molecular flexibility index (Phi) is 2.00. The van der Waals surface area contributed by atoms with Gasteiger partial charge in [0.15, 0.2) is 5.65 Å². The van der Waals surface area contributed by atoms with Crippen molar-refractivity contribution in [3.05, 3.63) is 22.4 Å². The fourth-order valence-corrected chi connectivity index (χ4v) is 1.35. The molecule has 0 aliphatic carbocycles. The summed E-state index contributed by atoms with van der Waals surface area (Å²) in [6.45, 7) is 0. The largest absolute Gasteiger partial charge is 0.479 e. The van der Waals surface area contributed by atoms with Crippen molar-refractivity contribution in [2.45, 2.75) is 0 Å². The minimum atomic E-state index is -0.501. The molecule has 0 spiro atoms. The minimum absolute atomic E-state index is 0.0752. The molecule has 2 heterocycles. The summed E-state index contributed by atoms with van der Waals surface area (Å²) in [5.41, 5.74) is 0.478. The molecule has 0 aromatic carbocycles. The van der Waals surface area contributed by atoms with Crippen molar-refractivity contribution >= 4 is 16.7 Å². The number of aromatic nitrogens is 3. The predicted molar refractivity (Wildman–Crippen MR) is 51.7 cm³/mol. The molecule has 0 saturated heterocycles. The van der Waals surface area contributed by atoms with Gasteiger partial charge in [-0.15, -0.1) is 5.10 Å². The highest BCUT2D eigenvalue weighted by Crippen LogP contribution is 2.25. The molecular weight excluding hydrogens is 200 g/mol. The first kappa shape index (κ1) is 9.38. The first-order valence-electron chi connectivity index (χ1n) is 4.14. The Morgan fingerprint density at radius 2 is 2.33 bits per heavy atom. The van der Waals surface area contributed by atoms with E-state index in [1.165, 1.54) is 24.1 Å². The van der Waals surface area contributed by atoms with Crippen LogP contribution < -0.4 is 4.74 Å². The van der Waals surface area contributed by atoms with Gasteiger partial charge in [-0.1, -0.05) is 0 Å². The van der Waals surface area contributed by atoms with Gasteiger partial charge >= 0.3 is 0 Å². The van der Waals surface area contributed by atoms with Crippen LogP contribution in [0.15, 0.2) is 12.3 Å². The molecule has 2 aromatic heterocycles. The van der Waals surface area contributed by atoms with Gasteiger partial charge in [-0.2, -0.15) is 0 Å². The number of nitro groups is 1. The Bertz CT molecular complexity index is 534. The molecule has 78 valence electrons. The zero-order valence-corrected chi connectivity index (χ0v) is 8.17. The van der Waals surface area contributed by atoms with Crippen LogP contribution >= 0.6 is 0 Å². The molecule has 2 rings (SSSR count). The number of methoxy groups -OCH3 is 1. The lowest BCUT2D eigenvalue weighted by molar-refractivity contribution is -0.385. The molecule has 15 heavy (non-hydrogen) atoms. The van der Waals surface area contributed by atoms with Gasteiger partial charge < -0.3 is 4.74 Å². The summed E-state index contributed by atoms with van der Waals surface area (Å²) in [5, 5.41) is 15.1. The van der Waals surface area contributed by atoms with Crippen molar-refractivity contribution in [1.82, 2.24) is 14.8 Å². The standard InChI is InChI=1S/C8H8N4O3/c1-11-7-6(8(10-11)15-2)3-5(4-9-7)12(13)14/h3-4H,1-2H3. The van der Waals surface area contributed by atoms with Crippen molar-refractivity contribution in [2.24, 2.45) is 7.05 Å². The molecule has 0 radical (unpaired) electrons. The maximum atomic E-state index is 10.5. The normalized spacial score (nSPS) is 10.5. The average Bonchev–Trinajstić information content (AvgIpc) is 2.55. The lowest BCUT2D eigenvalue weighted by atomic mass is 10.3. The fraction of sp³-hybridized carbons (Fsp3) is 0.250. The van der Waals surface area contributed by atoms with Crippen LogP contribution in [0.25, 0.3) is 11.0 Å². The number of nitrogens with zero attached hydrogens (tertiary/aromatic N) is 4. The molecule has 0 atom stereocenters. The quantitative estimate of drug-likeness (QED) is 0.540. The highest BCUT2D eigenvalue weighted by molar-refractivity contribution is 5.83. The zero-order chi connectivity index (χ0) is 11.0. The summed E-state index contributed by atoms with van der Waals surface area (Å²) in [6, 6.07) is 1.40. The number of fused-ring (bicyclic) bond motifs is 1. The first-order valence-corrected chi connectivity index (χ1v) is 4.14. The smallest absolute Gasteiger partial charge is 0.288 e. The molecule has 7 nitrogen and oxygen atoms in total. The van der Waals surface area contributed by atoms with Gasteiger partial charge in [0.2, 0.25) is 5.88 Å². The number of hydrogen-bond donors (Lipinski definition) is 0. The molecule has 0 bridgehead atoms. The van der Waals surface area contributed by atoms with Crippen molar-refractivity contribution in [2.75, 3.05) is 7.11 Å². The third-order valence-electron chi connectivity index (χ3n) is 2.03. The molecule has 0 aliphatic rings. The van der Waals surface area contributed by atoms with Gasteiger partial charge in [-0.25, -0.2) is 9.67 Å². The lowest BCUT2D eigenvalue weighted by Gasteiger charge is -1.93. The summed E-state index contributed by atoms with van der Waals surface area (Å²) in [4.78, 5) is 14.0. The van der Waals surface area contributed by atoms with Gasteiger partial charge in [0, 0.05) is 13.1 Å². The van der Waals surface area contributed by atoms with E-state index in [2.05, 4.69) is 10.1 Å². The molecular formula is C8H8N4O3. The van der Waals surface area contributed by atoms with Crippen molar-refractivity contribution < 1.29 is 9.66 Å². The maximum Gasteiger partial charge on any atom is 0.288 e. The van der Waals surface area contributed by atoms with Crippen molar-refractivity contribution in [3.8, 4) is 5.88 Å². The summed E-state index contributed by atoms with van der Waals surface area (Å²) < 4.78 is 6.50. The highest BCUT2D eigenvalue weighted by Gasteiger charge is 2.14. The van der Waals surface area contributed by atoms with Crippen LogP contribution in [-0.2, 0) is 7.05 Å². The topological polar surface area (TPSA) is 83.1 Å². The molecule has 0 N–H and O–H groups in total. The predicted octanol–water partition coefficient (Wildman–Crippen LogP) is 0.885. The second-order valence-corrected chi connectivity index (χ2v) is 2.95. The Balaban J connectivity index is 2.73. The summed E-state index contributed by atoms with van der Waals surface area (Å²) in [7, 11) is 3.16. The number of aryl methyl sites for hydroxylation is 1. The first-order chi connectivity index (χ1) is 7.13. The van der Waals surface area contributed by atoms with Gasteiger partial charge in [-0.3, -0.25) is 10.1 Å². The summed E-state index contributed by atoms with van der Waals surface area (Å²) >= 11 is 0. The summed E-state index contributed by atoms with van der Waals surface area (Å²) in [6.07, 6.45) is 1.20. The van der Waals surface area contributed by atoms with E-state index >= 15 is 0 Å². The van der Waals surface area contributed by atoms with Gasteiger partial charge in [-0.05, 0) is 0 Å². The van der Waals surface area contributed by atoms with E-state index in [4.69, 9.17) is 4.74 Å². The van der Waals surface area contributed by atoms with Gasteiger partial charge in [0.25, 0.3) is 5.69 Å². The lowest BCUT2D eigenvalue weighted by Crippen LogP contribution is -1.93. The molecule has 0 saturated carbocycles. The third-order valence-corrected chi connectivity index (χ3v) is 2.03.